The summed E-state index contributed by atoms with van der Waals surface area (Å²) >= 11 is 2.95. The second-order valence-corrected chi connectivity index (χ2v) is 7.19. The van der Waals surface area contributed by atoms with Gasteiger partial charge in [-0.15, -0.1) is 22.7 Å². The van der Waals surface area contributed by atoms with Gasteiger partial charge in [-0.25, -0.2) is 9.97 Å². The zero-order chi connectivity index (χ0) is 14.0. The lowest BCUT2D eigenvalue weighted by atomic mass is 9.93. The van der Waals surface area contributed by atoms with Gasteiger partial charge < -0.3 is 5.73 Å². The molecule has 0 fully saturated rings. The maximum atomic E-state index is 12.1. The van der Waals surface area contributed by atoms with Crippen LogP contribution in [-0.2, 0) is 18.4 Å². The topological polar surface area (TPSA) is 68.9 Å². The molecule has 0 amide bonds. The first-order valence-corrected chi connectivity index (χ1v) is 7.78. The van der Waals surface area contributed by atoms with Gasteiger partial charge in [-0.1, -0.05) is 20.8 Å². The number of rotatable bonds is 4. The number of ketones is 1. The van der Waals surface area contributed by atoms with Crippen molar-refractivity contribution < 1.29 is 4.79 Å². The van der Waals surface area contributed by atoms with E-state index in [-0.39, 0.29) is 11.2 Å². The van der Waals surface area contributed by atoms with Crippen LogP contribution >= 0.6 is 22.7 Å². The van der Waals surface area contributed by atoms with Crippen molar-refractivity contribution in [3.05, 3.63) is 32.2 Å². The average molecular weight is 295 g/mol. The number of hydrogen-bond donors (Lipinski definition) is 1. The Hall–Kier alpha value is -1.11. The maximum absolute atomic E-state index is 12.1. The molecule has 6 heteroatoms. The van der Waals surface area contributed by atoms with Gasteiger partial charge >= 0.3 is 0 Å². The summed E-state index contributed by atoms with van der Waals surface area (Å²) in [5.74, 6) is 0.00533. The third-order valence-corrected chi connectivity index (χ3v) is 4.36. The van der Waals surface area contributed by atoms with E-state index in [0.717, 1.165) is 15.7 Å². The van der Waals surface area contributed by atoms with Crippen molar-refractivity contribution in [1.29, 1.82) is 0 Å². The van der Waals surface area contributed by atoms with Crippen molar-refractivity contribution in [3.8, 4) is 0 Å². The maximum Gasteiger partial charge on any atom is 0.188 e. The van der Waals surface area contributed by atoms with Gasteiger partial charge in [0.25, 0.3) is 0 Å². The molecule has 2 aromatic rings. The van der Waals surface area contributed by atoms with E-state index < -0.39 is 0 Å². The van der Waals surface area contributed by atoms with Crippen LogP contribution in [0.2, 0.25) is 0 Å². The highest BCUT2D eigenvalue weighted by Gasteiger charge is 2.19. The molecule has 0 saturated carbocycles. The minimum atomic E-state index is 0.00533. The van der Waals surface area contributed by atoms with Crippen LogP contribution in [0, 0.1) is 0 Å². The van der Waals surface area contributed by atoms with Crippen LogP contribution < -0.4 is 5.73 Å². The first-order chi connectivity index (χ1) is 8.90. The number of aromatic nitrogens is 2. The van der Waals surface area contributed by atoms with Crippen molar-refractivity contribution in [1.82, 2.24) is 9.97 Å². The van der Waals surface area contributed by atoms with Crippen molar-refractivity contribution in [2.75, 3.05) is 0 Å². The van der Waals surface area contributed by atoms with E-state index in [2.05, 4.69) is 30.7 Å². The number of Topliss-reactive ketones (excluding diaryl/α,β-unsaturated/α-hetero) is 1. The molecule has 0 atom stereocenters. The highest BCUT2D eigenvalue weighted by Crippen LogP contribution is 2.24. The highest BCUT2D eigenvalue weighted by molar-refractivity contribution is 7.10. The molecule has 0 aliphatic carbocycles. The molecule has 0 spiro atoms. The summed E-state index contributed by atoms with van der Waals surface area (Å²) in [4.78, 5) is 20.8. The molecule has 0 aliphatic heterocycles. The Bertz CT molecular complexity index is 581. The number of hydrogen-bond acceptors (Lipinski definition) is 6. The quantitative estimate of drug-likeness (QED) is 0.881. The van der Waals surface area contributed by atoms with Gasteiger partial charge in [-0.2, -0.15) is 0 Å². The molecule has 2 aromatic heterocycles. The average Bonchev–Trinajstić information content (AvgIpc) is 2.95. The molecule has 2 rings (SSSR count). The smallest absolute Gasteiger partial charge is 0.188 e. The van der Waals surface area contributed by atoms with E-state index in [0.29, 0.717) is 18.7 Å². The fraction of sp³-hybridized carbons (Fsp3) is 0.462. The monoisotopic (exact) mass is 295 g/mol. The summed E-state index contributed by atoms with van der Waals surface area (Å²) in [7, 11) is 0. The number of thiazole rings is 2. The van der Waals surface area contributed by atoms with Gasteiger partial charge in [-0.3, -0.25) is 4.79 Å². The normalized spacial score (nSPS) is 11.8. The van der Waals surface area contributed by atoms with Crippen LogP contribution in [0.1, 0.15) is 47.0 Å². The lowest BCUT2D eigenvalue weighted by Gasteiger charge is -2.14. The van der Waals surface area contributed by atoms with Gasteiger partial charge in [-0.05, 0) is 0 Å². The lowest BCUT2D eigenvalue weighted by Crippen LogP contribution is -2.12. The summed E-state index contributed by atoms with van der Waals surface area (Å²) in [6.07, 6.45) is 0.314. The number of nitrogens with zero attached hydrogens (tertiary/aromatic N) is 2. The molecular formula is C13H17N3OS2. The molecule has 19 heavy (non-hydrogen) atoms. The van der Waals surface area contributed by atoms with E-state index in [9.17, 15) is 4.79 Å². The minimum Gasteiger partial charge on any atom is -0.325 e. The third kappa shape index (κ3) is 3.46. The van der Waals surface area contributed by atoms with Crippen molar-refractivity contribution in [2.45, 2.75) is 39.2 Å². The standard InChI is InChI=1S/C13H17N3OS2/c1-13(2,3)10-7-19-11(16-10)4-9(17)8-6-18-12(5-14)15-8/h6-7H,4-5,14H2,1-3H3. The van der Waals surface area contributed by atoms with Crippen molar-refractivity contribution in [3.63, 3.8) is 0 Å². The molecule has 0 radical (unpaired) electrons. The fourth-order valence-electron chi connectivity index (χ4n) is 1.50. The Kier molecular flexibility index (Phi) is 4.13. The zero-order valence-corrected chi connectivity index (χ0v) is 12.9. The third-order valence-electron chi connectivity index (χ3n) is 2.64. The number of carbonyl (C=O) groups excluding carboxylic acids is 1. The molecule has 0 aliphatic rings. The van der Waals surface area contributed by atoms with Crippen LogP contribution in [0.5, 0.6) is 0 Å². The van der Waals surface area contributed by atoms with Crippen LogP contribution in [-0.4, -0.2) is 15.8 Å². The predicted molar refractivity (Wildman–Crippen MR) is 78.9 cm³/mol. The largest absolute Gasteiger partial charge is 0.325 e. The molecule has 0 saturated heterocycles. The van der Waals surface area contributed by atoms with E-state index in [1.165, 1.54) is 22.7 Å². The van der Waals surface area contributed by atoms with Gasteiger partial charge in [0.1, 0.15) is 15.7 Å². The molecule has 2 N–H and O–H groups in total. The van der Waals surface area contributed by atoms with Gasteiger partial charge in [0.2, 0.25) is 0 Å². The van der Waals surface area contributed by atoms with E-state index in [1.807, 2.05) is 5.38 Å². The lowest BCUT2D eigenvalue weighted by molar-refractivity contribution is 0.0988. The minimum absolute atomic E-state index is 0.00533. The second kappa shape index (κ2) is 5.48. The van der Waals surface area contributed by atoms with Gasteiger partial charge in [0.15, 0.2) is 5.78 Å². The fourth-order valence-corrected chi connectivity index (χ4v) is 3.20. The molecule has 0 bridgehead atoms. The SMILES string of the molecule is CC(C)(C)c1csc(CC(=O)c2csc(CN)n2)n1. The first kappa shape index (κ1) is 14.3. The molecule has 0 unspecified atom stereocenters. The van der Waals surface area contributed by atoms with E-state index >= 15 is 0 Å². The highest BCUT2D eigenvalue weighted by atomic mass is 32.1. The van der Waals surface area contributed by atoms with Crippen LogP contribution in [0.25, 0.3) is 0 Å². The molecule has 2 heterocycles. The van der Waals surface area contributed by atoms with Crippen molar-refractivity contribution >= 4 is 28.5 Å². The molecule has 0 aromatic carbocycles. The van der Waals surface area contributed by atoms with Crippen LogP contribution in [0.4, 0.5) is 0 Å². The van der Waals surface area contributed by atoms with Crippen LogP contribution in [0.3, 0.4) is 0 Å². The number of nitrogens with two attached hydrogens (primary N) is 1. The van der Waals surface area contributed by atoms with Gasteiger partial charge in [0.05, 0.1) is 12.1 Å². The molecule has 102 valence electrons. The van der Waals surface area contributed by atoms with Gasteiger partial charge in [0, 0.05) is 22.7 Å². The summed E-state index contributed by atoms with van der Waals surface area (Å²) in [6.45, 7) is 6.72. The summed E-state index contributed by atoms with van der Waals surface area (Å²) in [6, 6.07) is 0. The summed E-state index contributed by atoms with van der Waals surface area (Å²) in [5, 5.41) is 5.42. The predicted octanol–water partition coefficient (Wildman–Crippen LogP) is 2.78. The Labute approximate surface area is 120 Å². The Morgan fingerprint density at radius 1 is 1.21 bits per heavy atom. The molecular weight excluding hydrogens is 278 g/mol. The van der Waals surface area contributed by atoms with Crippen molar-refractivity contribution in [2.24, 2.45) is 5.73 Å². The Morgan fingerprint density at radius 2 is 1.89 bits per heavy atom. The Balaban J connectivity index is 2.09. The first-order valence-electron chi connectivity index (χ1n) is 6.02. The summed E-state index contributed by atoms with van der Waals surface area (Å²) < 4.78 is 0. The Morgan fingerprint density at radius 3 is 2.42 bits per heavy atom. The summed E-state index contributed by atoms with van der Waals surface area (Å²) in [5.41, 5.74) is 7.04. The van der Waals surface area contributed by atoms with Crippen LogP contribution in [0.15, 0.2) is 10.8 Å². The van der Waals surface area contributed by atoms with E-state index in [1.54, 1.807) is 5.38 Å². The van der Waals surface area contributed by atoms with E-state index in [4.69, 9.17) is 5.73 Å². The number of carbonyl (C=O) groups is 1. The zero-order valence-electron chi connectivity index (χ0n) is 11.3. The second-order valence-electron chi connectivity index (χ2n) is 5.31. The molecule has 4 nitrogen and oxygen atoms in total.